The fraction of sp³-hybridized carbons (Fsp3) is 0.250. The zero-order valence-electron chi connectivity index (χ0n) is 8.81. The fourth-order valence-corrected chi connectivity index (χ4v) is 1.49. The van der Waals surface area contributed by atoms with Crippen molar-refractivity contribution in [2.24, 2.45) is 0 Å². The molecule has 3 nitrogen and oxygen atoms in total. The zero-order chi connectivity index (χ0) is 15.9. The highest BCUT2D eigenvalue weighted by molar-refractivity contribution is 7.87. The molecule has 0 N–H and O–H groups in total. The van der Waals surface area contributed by atoms with Crippen molar-refractivity contribution in [2.75, 3.05) is 0 Å². The Morgan fingerprint density at radius 3 is 1.60 bits per heavy atom. The summed E-state index contributed by atoms with van der Waals surface area (Å²) in [7, 11) is -6.25. The molecule has 0 radical (unpaired) electrons. The van der Waals surface area contributed by atoms with Crippen molar-refractivity contribution in [3.63, 3.8) is 0 Å². The average molecular weight is 330 g/mol. The van der Waals surface area contributed by atoms with E-state index in [-0.39, 0.29) is 12.1 Å². The first kappa shape index (κ1) is 16.5. The third kappa shape index (κ3) is 3.29. The van der Waals surface area contributed by atoms with Gasteiger partial charge < -0.3 is 4.18 Å². The van der Waals surface area contributed by atoms with E-state index in [9.17, 15) is 43.5 Å². The summed E-state index contributed by atoms with van der Waals surface area (Å²) in [5.74, 6) is -6.21. The van der Waals surface area contributed by atoms with Crippen molar-refractivity contribution in [1.82, 2.24) is 0 Å². The molecule has 0 heterocycles. The minimum atomic E-state index is -6.25. The van der Waals surface area contributed by atoms with Gasteiger partial charge in [0.15, 0.2) is 0 Å². The average Bonchev–Trinajstić information content (AvgIpc) is 2.09. The zero-order valence-corrected chi connectivity index (χ0v) is 9.63. The highest BCUT2D eigenvalue weighted by Gasteiger charge is 2.49. The molecule has 0 atom stereocenters. The molecule has 0 spiro atoms. The van der Waals surface area contributed by atoms with E-state index in [1.807, 2.05) is 0 Å². The van der Waals surface area contributed by atoms with Crippen molar-refractivity contribution >= 4 is 10.1 Å². The van der Waals surface area contributed by atoms with Gasteiger partial charge in [-0.25, -0.2) is 8.78 Å². The van der Waals surface area contributed by atoms with Crippen LogP contribution in [0.5, 0.6) is 5.75 Å². The molecule has 1 rings (SSSR count). The van der Waals surface area contributed by atoms with Crippen LogP contribution in [0, 0.1) is 11.6 Å². The molecule has 114 valence electrons. The summed E-state index contributed by atoms with van der Waals surface area (Å²) < 4.78 is 122. The molecule has 1 aromatic rings. The minimum Gasteiger partial charge on any atom is -0.376 e. The molecule has 0 saturated carbocycles. The lowest BCUT2D eigenvalue weighted by molar-refractivity contribution is -0.142. The maximum atomic E-state index is 13.0. The maximum absolute atomic E-state index is 13.0. The van der Waals surface area contributed by atoms with Crippen LogP contribution in [0.15, 0.2) is 12.1 Å². The predicted molar refractivity (Wildman–Crippen MR) is 47.0 cm³/mol. The number of alkyl halides is 6. The lowest BCUT2D eigenvalue weighted by Gasteiger charge is -2.12. The monoisotopic (exact) mass is 330 g/mol. The topological polar surface area (TPSA) is 43.4 Å². The summed E-state index contributed by atoms with van der Waals surface area (Å²) >= 11 is 0. The van der Waals surface area contributed by atoms with Gasteiger partial charge in [-0.15, -0.1) is 0 Å². The summed E-state index contributed by atoms with van der Waals surface area (Å²) in [6.45, 7) is 0. The van der Waals surface area contributed by atoms with Gasteiger partial charge in [-0.2, -0.15) is 34.8 Å². The van der Waals surface area contributed by atoms with Gasteiger partial charge in [0.1, 0.15) is 22.9 Å². The van der Waals surface area contributed by atoms with Crippen LogP contribution in [0.2, 0.25) is 0 Å². The predicted octanol–water partition coefficient (Wildman–Crippen LogP) is 3.21. The van der Waals surface area contributed by atoms with Gasteiger partial charge >= 0.3 is 21.8 Å². The highest BCUT2D eigenvalue weighted by Crippen LogP contribution is 2.36. The quantitative estimate of drug-likeness (QED) is 0.475. The molecule has 0 bridgehead atoms. The molecular formula is C8H2F8O3S. The van der Waals surface area contributed by atoms with Gasteiger partial charge in [-0.05, 0) is 0 Å². The maximum Gasteiger partial charge on any atom is 0.534 e. The van der Waals surface area contributed by atoms with Crippen LogP contribution in [-0.4, -0.2) is 13.9 Å². The Bertz CT molecular complexity index is 593. The molecule has 0 aliphatic rings. The molecule has 12 heteroatoms. The van der Waals surface area contributed by atoms with Crippen molar-refractivity contribution < 1.29 is 47.7 Å². The minimum absolute atomic E-state index is 0.324. The van der Waals surface area contributed by atoms with Crippen molar-refractivity contribution in [3.05, 3.63) is 29.3 Å². The molecule has 0 fully saturated rings. The van der Waals surface area contributed by atoms with Gasteiger partial charge in [0, 0.05) is 12.1 Å². The van der Waals surface area contributed by atoms with Crippen LogP contribution in [0.3, 0.4) is 0 Å². The van der Waals surface area contributed by atoms with Gasteiger partial charge in [0.05, 0.1) is 0 Å². The van der Waals surface area contributed by atoms with Gasteiger partial charge in [-0.3, -0.25) is 0 Å². The molecule has 0 amide bonds. The first-order chi connectivity index (χ1) is 8.75. The molecule has 0 aromatic heterocycles. The normalized spacial score (nSPS) is 13.4. The largest absolute Gasteiger partial charge is 0.534 e. The van der Waals surface area contributed by atoms with E-state index >= 15 is 0 Å². The summed E-state index contributed by atoms with van der Waals surface area (Å²) in [4.78, 5) is 0. The van der Waals surface area contributed by atoms with Crippen molar-refractivity contribution in [1.29, 1.82) is 0 Å². The van der Waals surface area contributed by atoms with E-state index in [4.69, 9.17) is 0 Å². The second-order valence-electron chi connectivity index (χ2n) is 3.24. The fourth-order valence-electron chi connectivity index (χ4n) is 1.04. The second-order valence-corrected chi connectivity index (χ2v) is 4.78. The Morgan fingerprint density at radius 2 is 1.30 bits per heavy atom. The van der Waals surface area contributed by atoms with Gasteiger partial charge in [0.25, 0.3) is 0 Å². The Hall–Kier alpha value is -1.59. The van der Waals surface area contributed by atoms with E-state index in [2.05, 4.69) is 4.18 Å². The van der Waals surface area contributed by atoms with E-state index in [1.165, 1.54) is 0 Å². The second kappa shape index (κ2) is 4.75. The van der Waals surface area contributed by atoms with Crippen molar-refractivity contribution in [2.45, 2.75) is 11.7 Å². The Kier molecular flexibility index (Phi) is 3.91. The van der Waals surface area contributed by atoms with Gasteiger partial charge in [-0.1, -0.05) is 0 Å². The van der Waals surface area contributed by atoms with E-state index in [0.717, 1.165) is 0 Å². The summed E-state index contributed by atoms with van der Waals surface area (Å²) in [5, 5.41) is 0. The van der Waals surface area contributed by atoms with E-state index < -0.39 is 44.8 Å². The Labute approximate surface area is 105 Å². The Morgan fingerprint density at radius 1 is 0.900 bits per heavy atom. The highest BCUT2D eigenvalue weighted by atomic mass is 32.2. The van der Waals surface area contributed by atoms with E-state index in [0.29, 0.717) is 0 Å². The lowest BCUT2D eigenvalue weighted by atomic mass is 10.2. The molecule has 20 heavy (non-hydrogen) atoms. The SMILES string of the molecule is O=S(=O)(Oc1cc(F)c(C(F)(F)F)c(F)c1)C(F)(F)F. The number of hydrogen-bond donors (Lipinski definition) is 0. The summed E-state index contributed by atoms with van der Waals surface area (Å²) in [5.41, 5.74) is -8.28. The van der Waals surface area contributed by atoms with Crippen LogP contribution >= 0.6 is 0 Å². The summed E-state index contributed by atoms with van der Waals surface area (Å²) in [6, 6.07) is -0.648. The van der Waals surface area contributed by atoms with Gasteiger partial charge in [0.2, 0.25) is 0 Å². The third-order valence-corrected chi connectivity index (χ3v) is 2.77. The first-order valence-corrected chi connectivity index (χ1v) is 5.73. The number of halogens is 8. The molecule has 0 aliphatic carbocycles. The molecule has 0 aliphatic heterocycles. The molecule has 0 unspecified atom stereocenters. The first-order valence-electron chi connectivity index (χ1n) is 4.32. The molecule has 0 saturated heterocycles. The van der Waals surface area contributed by atoms with Crippen LogP contribution in [0.4, 0.5) is 35.1 Å². The number of benzene rings is 1. The van der Waals surface area contributed by atoms with Crippen LogP contribution < -0.4 is 4.18 Å². The summed E-state index contributed by atoms with van der Waals surface area (Å²) in [6.07, 6.45) is -5.45. The number of rotatable bonds is 2. The number of hydrogen-bond acceptors (Lipinski definition) is 3. The van der Waals surface area contributed by atoms with Crippen LogP contribution in [-0.2, 0) is 16.3 Å². The standard InChI is InChI=1S/C8H2F8O3S/c9-4-1-3(19-20(17,18)8(14,15)16)2-5(10)6(4)7(11,12)13/h1-2H. The third-order valence-electron chi connectivity index (χ3n) is 1.79. The van der Waals surface area contributed by atoms with Crippen LogP contribution in [0.1, 0.15) is 5.56 Å². The smallest absolute Gasteiger partial charge is 0.376 e. The van der Waals surface area contributed by atoms with Crippen molar-refractivity contribution in [3.8, 4) is 5.75 Å². The molecular weight excluding hydrogens is 328 g/mol. The lowest BCUT2D eigenvalue weighted by Crippen LogP contribution is -2.28. The molecule has 1 aromatic carbocycles. The Balaban J connectivity index is 3.27. The van der Waals surface area contributed by atoms with E-state index in [1.54, 1.807) is 0 Å². The van der Waals surface area contributed by atoms with Crippen LogP contribution in [0.25, 0.3) is 0 Å².